The lowest BCUT2D eigenvalue weighted by atomic mass is 9.85. The molecule has 2 amide bonds. The highest BCUT2D eigenvalue weighted by Crippen LogP contribution is 2.53. The summed E-state index contributed by atoms with van der Waals surface area (Å²) in [7, 11) is -3.90. The van der Waals surface area contributed by atoms with Crippen LogP contribution in [0.5, 0.6) is 0 Å². The molecular weight excluding hydrogens is 340 g/mol. The highest BCUT2D eigenvalue weighted by atomic mass is 35.5. The first-order valence-corrected chi connectivity index (χ1v) is 9.10. The van der Waals surface area contributed by atoms with E-state index in [1.165, 1.54) is 12.1 Å². The molecule has 2 fully saturated rings. The Kier molecular flexibility index (Phi) is 3.01. The molecule has 1 heterocycles. The average Bonchev–Trinajstić information content (AvgIpc) is 3.13. The highest BCUT2D eigenvalue weighted by molar-refractivity contribution is 7.89. The number of fused-ring (bicyclic) bond motifs is 5. The number of primary sulfonamides is 1. The summed E-state index contributed by atoms with van der Waals surface area (Å²) < 4.78 is 22.7. The Bertz CT molecular complexity index is 849. The fraction of sp³-hybridized carbons (Fsp3) is 0.333. The minimum Gasteiger partial charge on any atom is -0.274 e. The summed E-state index contributed by atoms with van der Waals surface area (Å²) in [4.78, 5) is 26.3. The number of hydrogen-bond acceptors (Lipinski definition) is 4. The predicted octanol–water partition coefficient (Wildman–Crippen LogP) is 1.30. The number of allylic oxidation sites excluding steroid dienone is 2. The van der Waals surface area contributed by atoms with Gasteiger partial charge in [0.15, 0.2) is 0 Å². The van der Waals surface area contributed by atoms with Gasteiger partial charge in [-0.05, 0) is 36.5 Å². The summed E-state index contributed by atoms with van der Waals surface area (Å²) >= 11 is 6.11. The fourth-order valence-electron chi connectivity index (χ4n) is 3.99. The van der Waals surface area contributed by atoms with Gasteiger partial charge in [0.2, 0.25) is 21.8 Å². The van der Waals surface area contributed by atoms with Crippen LogP contribution in [0.25, 0.3) is 0 Å². The second-order valence-corrected chi connectivity index (χ2v) is 8.14. The Labute approximate surface area is 137 Å². The molecule has 2 aliphatic carbocycles. The van der Waals surface area contributed by atoms with Crippen molar-refractivity contribution in [1.82, 2.24) is 0 Å². The number of carbonyl (C=O) groups is 2. The summed E-state index contributed by atoms with van der Waals surface area (Å²) in [5, 5.41) is 5.07. The molecule has 4 rings (SSSR count). The van der Waals surface area contributed by atoms with Gasteiger partial charge in [0.05, 0.1) is 27.4 Å². The van der Waals surface area contributed by atoms with E-state index in [-0.39, 0.29) is 51.1 Å². The van der Waals surface area contributed by atoms with Crippen molar-refractivity contribution in [2.24, 2.45) is 28.8 Å². The fourth-order valence-corrected chi connectivity index (χ4v) is 4.86. The summed E-state index contributed by atoms with van der Waals surface area (Å²) in [6.07, 6.45) is 4.86. The SMILES string of the molecule is NS(=O)(=O)c1ccc(N2C(=O)[C@@H]3C4C=CC(C4)[C@@H]3C2=O)c(Cl)c1. The number of amides is 2. The molecule has 1 saturated heterocycles. The van der Waals surface area contributed by atoms with Gasteiger partial charge in [-0.15, -0.1) is 0 Å². The van der Waals surface area contributed by atoms with Crippen molar-refractivity contribution >= 4 is 39.1 Å². The number of nitrogens with two attached hydrogens (primary N) is 1. The molecule has 0 radical (unpaired) electrons. The van der Waals surface area contributed by atoms with Gasteiger partial charge in [0.1, 0.15) is 0 Å². The summed E-state index contributed by atoms with van der Waals surface area (Å²) in [5.41, 5.74) is 0.211. The van der Waals surface area contributed by atoms with Gasteiger partial charge in [-0.3, -0.25) is 9.59 Å². The van der Waals surface area contributed by atoms with Gasteiger partial charge in [0.25, 0.3) is 0 Å². The number of halogens is 1. The molecule has 1 aromatic rings. The summed E-state index contributed by atoms with van der Waals surface area (Å²) in [5.74, 6) is -0.968. The van der Waals surface area contributed by atoms with E-state index in [9.17, 15) is 18.0 Å². The van der Waals surface area contributed by atoms with E-state index in [1.54, 1.807) is 0 Å². The van der Waals surface area contributed by atoms with Crippen LogP contribution in [0.3, 0.4) is 0 Å². The zero-order chi connectivity index (χ0) is 16.5. The van der Waals surface area contributed by atoms with Crippen LogP contribution in [0.2, 0.25) is 5.02 Å². The second-order valence-electron chi connectivity index (χ2n) is 6.17. The molecule has 3 aliphatic rings. The van der Waals surface area contributed by atoms with E-state index in [4.69, 9.17) is 16.7 Å². The lowest BCUT2D eigenvalue weighted by Gasteiger charge is -2.18. The Hall–Kier alpha value is -1.70. The molecule has 23 heavy (non-hydrogen) atoms. The predicted molar refractivity (Wildman–Crippen MR) is 83.0 cm³/mol. The minimum atomic E-state index is -3.90. The number of rotatable bonds is 2. The Morgan fingerprint density at radius 1 is 1.09 bits per heavy atom. The van der Waals surface area contributed by atoms with Crippen molar-refractivity contribution in [3.05, 3.63) is 35.4 Å². The molecule has 2 bridgehead atoms. The molecular formula is C15H13ClN2O4S. The van der Waals surface area contributed by atoms with Crippen molar-refractivity contribution in [3.8, 4) is 0 Å². The smallest absolute Gasteiger partial charge is 0.238 e. The minimum absolute atomic E-state index is 0.0125. The first kappa shape index (κ1) is 14.9. The average molecular weight is 353 g/mol. The molecule has 1 aromatic carbocycles. The van der Waals surface area contributed by atoms with E-state index in [0.717, 1.165) is 17.4 Å². The topological polar surface area (TPSA) is 97.5 Å². The molecule has 6 nitrogen and oxygen atoms in total. The molecule has 1 saturated carbocycles. The van der Waals surface area contributed by atoms with Crippen LogP contribution in [-0.4, -0.2) is 20.2 Å². The van der Waals surface area contributed by atoms with Gasteiger partial charge in [-0.25, -0.2) is 18.5 Å². The van der Waals surface area contributed by atoms with Crippen LogP contribution >= 0.6 is 11.6 Å². The number of hydrogen-bond donors (Lipinski definition) is 1. The van der Waals surface area contributed by atoms with E-state index in [1.807, 2.05) is 12.2 Å². The van der Waals surface area contributed by atoms with Crippen LogP contribution in [-0.2, 0) is 19.6 Å². The van der Waals surface area contributed by atoms with Crippen molar-refractivity contribution in [1.29, 1.82) is 0 Å². The van der Waals surface area contributed by atoms with E-state index in [0.29, 0.717) is 0 Å². The maximum atomic E-state index is 12.7. The molecule has 1 aliphatic heterocycles. The number of imide groups is 1. The summed E-state index contributed by atoms with van der Waals surface area (Å²) in [6, 6.07) is 3.76. The van der Waals surface area contributed by atoms with Crippen LogP contribution < -0.4 is 10.0 Å². The normalized spacial score (nSPS) is 32.0. The third-order valence-electron chi connectivity index (χ3n) is 4.96. The van der Waals surface area contributed by atoms with Crippen molar-refractivity contribution in [2.45, 2.75) is 11.3 Å². The lowest BCUT2D eigenvalue weighted by Crippen LogP contribution is -2.33. The zero-order valence-corrected chi connectivity index (χ0v) is 13.4. The Morgan fingerprint density at radius 3 is 2.13 bits per heavy atom. The third kappa shape index (κ3) is 2.00. The van der Waals surface area contributed by atoms with Crippen LogP contribution in [0.15, 0.2) is 35.2 Å². The van der Waals surface area contributed by atoms with E-state index in [2.05, 4.69) is 0 Å². The summed E-state index contributed by atoms with van der Waals surface area (Å²) in [6.45, 7) is 0. The molecule has 0 spiro atoms. The van der Waals surface area contributed by atoms with Crippen LogP contribution in [0, 0.1) is 23.7 Å². The maximum Gasteiger partial charge on any atom is 0.238 e. The Balaban J connectivity index is 1.75. The van der Waals surface area contributed by atoms with Crippen LogP contribution in [0.1, 0.15) is 6.42 Å². The standard InChI is InChI=1S/C15H13ClN2O4S/c16-10-6-9(23(17,21)22)3-4-11(10)18-14(19)12-7-1-2-8(5-7)13(12)15(18)20/h1-4,6-8,12-13H,5H2,(H2,17,21,22)/t7?,8?,12-,13+. The molecule has 120 valence electrons. The monoisotopic (exact) mass is 352 g/mol. The lowest BCUT2D eigenvalue weighted by molar-refractivity contribution is -0.123. The molecule has 8 heteroatoms. The van der Waals surface area contributed by atoms with E-state index < -0.39 is 10.0 Å². The van der Waals surface area contributed by atoms with Crippen LogP contribution in [0.4, 0.5) is 5.69 Å². The van der Waals surface area contributed by atoms with Crippen molar-refractivity contribution in [3.63, 3.8) is 0 Å². The number of nitrogens with zero attached hydrogens (tertiary/aromatic N) is 1. The van der Waals surface area contributed by atoms with Gasteiger partial charge < -0.3 is 0 Å². The number of benzene rings is 1. The first-order valence-electron chi connectivity index (χ1n) is 7.17. The van der Waals surface area contributed by atoms with Crippen molar-refractivity contribution < 1.29 is 18.0 Å². The van der Waals surface area contributed by atoms with Gasteiger partial charge >= 0.3 is 0 Å². The number of sulfonamides is 1. The first-order chi connectivity index (χ1) is 10.8. The number of carbonyl (C=O) groups excluding carboxylic acids is 2. The largest absolute Gasteiger partial charge is 0.274 e. The highest BCUT2D eigenvalue weighted by Gasteiger charge is 2.59. The second kappa shape index (κ2) is 4.66. The van der Waals surface area contributed by atoms with Gasteiger partial charge in [-0.2, -0.15) is 0 Å². The van der Waals surface area contributed by atoms with Gasteiger partial charge in [-0.1, -0.05) is 23.8 Å². The molecule has 2 unspecified atom stereocenters. The number of anilines is 1. The molecule has 4 atom stereocenters. The quantitative estimate of drug-likeness (QED) is 0.640. The molecule has 2 N–H and O–H groups in total. The molecule has 0 aromatic heterocycles. The maximum absolute atomic E-state index is 12.7. The van der Waals surface area contributed by atoms with E-state index >= 15 is 0 Å². The zero-order valence-electron chi connectivity index (χ0n) is 11.8. The third-order valence-corrected chi connectivity index (χ3v) is 6.17. The van der Waals surface area contributed by atoms with Crippen molar-refractivity contribution in [2.75, 3.05) is 4.90 Å². The van der Waals surface area contributed by atoms with Gasteiger partial charge in [0, 0.05) is 0 Å². The Morgan fingerprint density at radius 2 is 1.65 bits per heavy atom.